The summed E-state index contributed by atoms with van der Waals surface area (Å²) in [6, 6.07) is 6.80. The second-order valence-electron chi connectivity index (χ2n) is 5.56. The van der Waals surface area contributed by atoms with Crippen molar-refractivity contribution in [1.29, 1.82) is 0 Å². The molecule has 0 spiro atoms. The number of benzene rings is 1. The summed E-state index contributed by atoms with van der Waals surface area (Å²) in [7, 11) is -0.744. The summed E-state index contributed by atoms with van der Waals surface area (Å²) >= 11 is 0. The fraction of sp³-hybridized carbons (Fsp3) is 0.600. The van der Waals surface area contributed by atoms with E-state index in [1.165, 1.54) is 16.7 Å². The van der Waals surface area contributed by atoms with Gasteiger partial charge in [-0.05, 0) is 45.1 Å². The molecule has 1 aromatic rings. The molecule has 0 bridgehead atoms. The zero-order valence-corrected chi connectivity index (χ0v) is 12.1. The van der Waals surface area contributed by atoms with Crippen molar-refractivity contribution in [2.24, 2.45) is 5.73 Å². The van der Waals surface area contributed by atoms with Crippen molar-refractivity contribution < 1.29 is 4.21 Å². The zero-order valence-electron chi connectivity index (χ0n) is 11.3. The van der Waals surface area contributed by atoms with Crippen molar-refractivity contribution in [3.63, 3.8) is 0 Å². The predicted octanol–water partition coefficient (Wildman–Crippen LogP) is 2.82. The van der Waals surface area contributed by atoms with Crippen molar-refractivity contribution in [3.05, 3.63) is 34.9 Å². The first-order valence-corrected chi connectivity index (χ1v) is 8.13. The van der Waals surface area contributed by atoms with E-state index in [0.717, 1.165) is 25.7 Å². The lowest BCUT2D eigenvalue weighted by Gasteiger charge is -2.25. The van der Waals surface area contributed by atoms with E-state index in [2.05, 4.69) is 32.0 Å². The Hall–Kier alpha value is -0.670. The van der Waals surface area contributed by atoms with Gasteiger partial charge in [-0.25, -0.2) is 0 Å². The van der Waals surface area contributed by atoms with E-state index in [0.29, 0.717) is 17.0 Å². The lowest BCUT2D eigenvalue weighted by atomic mass is 9.96. The Kier molecular flexibility index (Phi) is 4.57. The van der Waals surface area contributed by atoms with Crippen molar-refractivity contribution in [1.82, 2.24) is 0 Å². The number of hydrogen-bond acceptors (Lipinski definition) is 2. The van der Waals surface area contributed by atoms with E-state index in [-0.39, 0.29) is 0 Å². The fourth-order valence-corrected chi connectivity index (χ4v) is 4.31. The molecule has 0 aromatic heterocycles. The first-order valence-electron chi connectivity index (χ1n) is 6.74. The Morgan fingerprint density at radius 1 is 1.11 bits per heavy atom. The Balaban J connectivity index is 1.98. The number of aryl methyl sites for hydroxylation is 2. The van der Waals surface area contributed by atoms with Crippen molar-refractivity contribution >= 4 is 10.8 Å². The molecule has 0 aliphatic heterocycles. The van der Waals surface area contributed by atoms with Crippen LogP contribution in [0.25, 0.3) is 0 Å². The normalized spacial score (nSPS) is 25.9. The quantitative estimate of drug-likeness (QED) is 0.913. The highest BCUT2D eigenvalue weighted by molar-refractivity contribution is 7.84. The summed E-state index contributed by atoms with van der Waals surface area (Å²) in [5, 5.41) is 0.352. The lowest BCUT2D eigenvalue weighted by Crippen LogP contribution is -2.31. The first kappa shape index (κ1) is 13.8. The standard InChI is InChI=1S/C15H23NOS/c1-11-7-12(2)9-13(8-11)10-18(17)15-5-3-14(16)4-6-15/h7-9,14-15H,3-6,10,16H2,1-2H3. The van der Waals surface area contributed by atoms with Gasteiger partial charge in [0.2, 0.25) is 0 Å². The van der Waals surface area contributed by atoms with Gasteiger partial charge in [0.25, 0.3) is 0 Å². The molecule has 2 rings (SSSR count). The number of rotatable bonds is 3. The van der Waals surface area contributed by atoms with Gasteiger partial charge in [0.1, 0.15) is 0 Å². The van der Waals surface area contributed by atoms with E-state index in [1.807, 2.05) is 0 Å². The molecule has 0 amide bonds. The monoisotopic (exact) mass is 265 g/mol. The van der Waals surface area contributed by atoms with Gasteiger partial charge in [-0.2, -0.15) is 0 Å². The van der Waals surface area contributed by atoms with Crippen LogP contribution in [0.4, 0.5) is 0 Å². The van der Waals surface area contributed by atoms with Crippen LogP contribution in [-0.4, -0.2) is 15.5 Å². The van der Waals surface area contributed by atoms with E-state index in [9.17, 15) is 4.21 Å². The third kappa shape index (κ3) is 3.66. The maximum absolute atomic E-state index is 12.4. The maximum Gasteiger partial charge on any atom is 0.0488 e. The second kappa shape index (κ2) is 5.98. The lowest BCUT2D eigenvalue weighted by molar-refractivity contribution is 0.444. The van der Waals surface area contributed by atoms with E-state index >= 15 is 0 Å². The van der Waals surface area contributed by atoms with Gasteiger partial charge in [0.05, 0.1) is 0 Å². The maximum atomic E-state index is 12.4. The molecule has 1 fully saturated rings. The second-order valence-corrected chi connectivity index (χ2v) is 7.27. The average molecular weight is 265 g/mol. The highest BCUT2D eigenvalue weighted by Crippen LogP contribution is 2.23. The highest BCUT2D eigenvalue weighted by atomic mass is 32.2. The molecular weight excluding hydrogens is 242 g/mol. The van der Waals surface area contributed by atoms with Gasteiger partial charge in [-0.3, -0.25) is 4.21 Å². The third-order valence-electron chi connectivity index (χ3n) is 3.68. The summed E-state index contributed by atoms with van der Waals surface area (Å²) in [5.74, 6) is 0.697. The summed E-state index contributed by atoms with van der Waals surface area (Å²) in [5.41, 5.74) is 9.61. The molecule has 1 saturated carbocycles. The summed E-state index contributed by atoms with van der Waals surface area (Å²) in [6.45, 7) is 4.19. The average Bonchev–Trinajstić information content (AvgIpc) is 2.28. The van der Waals surface area contributed by atoms with Crippen molar-refractivity contribution in [2.45, 2.75) is 56.6 Å². The minimum atomic E-state index is -0.744. The van der Waals surface area contributed by atoms with Crippen molar-refractivity contribution in [2.75, 3.05) is 0 Å². The van der Waals surface area contributed by atoms with Gasteiger partial charge in [0, 0.05) is 27.8 Å². The van der Waals surface area contributed by atoms with Crippen LogP contribution >= 0.6 is 0 Å². The third-order valence-corrected chi connectivity index (χ3v) is 5.51. The molecule has 1 atom stereocenters. The molecule has 18 heavy (non-hydrogen) atoms. The van der Waals surface area contributed by atoms with Crippen LogP contribution in [-0.2, 0) is 16.6 Å². The van der Waals surface area contributed by atoms with E-state index in [4.69, 9.17) is 5.73 Å². The summed E-state index contributed by atoms with van der Waals surface area (Å²) in [6.07, 6.45) is 4.11. The molecule has 0 saturated heterocycles. The smallest absolute Gasteiger partial charge is 0.0488 e. The van der Waals surface area contributed by atoms with Crippen LogP contribution in [0.3, 0.4) is 0 Å². The fourth-order valence-electron chi connectivity index (χ4n) is 2.79. The molecule has 1 aliphatic carbocycles. The van der Waals surface area contributed by atoms with Crippen LogP contribution in [0.5, 0.6) is 0 Å². The Morgan fingerprint density at radius 3 is 2.22 bits per heavy atom. The van der Waals surface area contributed by atoms with Crippen LogP contribution in [0.1, 0.15) is 42.4 Å². The molecular formula is C15H23NOS. The first-order chi connectivity index (χ1) is 8.54. The largest absolute Gasteiger partial charge is 0.328 e. The van der Waals surface area contributed by atoms with Gasteiger partial charge >= 0.3 is 0 Å². The van der Waals surface area contributed by atoms with Crippen LogP contribution < -0.4 is 5.73 Å². The Labute approximate surface area is 112 Å². The molecule has 3 heteroatoms. The van der Waals surface area contributed by atoms with Gasteiger partial charge in [-0.1, -0.05) is 29.3 Å². The molecule has 0 radical (unpaired) electrons. The molecule has 1 aliphatic rings. The predicted molar refractivity (Wildman–Crippen MR) is 78.0 cm³/mol. The highest BCUT2D eigenvalue weighted by Gasteiger charge is 2.23. The SMILES string of the molecule is Cc1cc(C)cc(CS(=O)C2CCC(N)CC2)c1. The topological polar surface area (TPSA) is 43.1 Å². The van der Waals surface area contributed by atoms with E-state index in [1.54, 1.807) is 0 Å². The summed E-state index contributed by atoms with van der Waals surface area (Å²) < 4.78 is 12.4. The van der Waals surface area contributed by atoms with Crippen LogP contribution in [0.2, 0.25) is 0 Å². The van der Waals surface area contributed by atoms with E-state index < -0.39 is 10.8 Å². The summed E-state index contributed by atoms with van der Waals surface area (Å²) in [4.78, 5) is 0. The number of nitrogens with two attached hydrogens (primary N) is 1. The molecule has 2 N–H and O–H groups in total. The molecule has 100 valence electrons. The molecule has 0 heterocycles. The van der Waals surface area contributed by atoms with Gasteiger partial charge < -0.3 is 5.73 Å². The Bertz CT molecular complexity index is 416. The Morgan fingerprint density at radius 2 is 1.67 bits per heavy atom. The van der Waals surface area contributed by atoms with Crippen molar-refractivity contribution in [3.8, 4) is 0 Å². The molecule has 1 unspecified atom stereocenters. The van der Waals surface area contributed by atoms with Gasteiger partial charge in [-0.15, -0.1) is 0 Å². The molecule has 2 nitrogen and oxygen atoms in total. The molecule has 1 aromatic carbocycles. The van der Waals surface area contributed by atoms with Crippen LogP contribution in [0.15, 0.2) is 18.2 Å². The van der Waals surface area contributed by atoms with Gasteiger partial charge in [0.15, 0.2) is 0 Å². The minimum Gasteiger partial charge on any atom is -0.328 e. The minimum absolute atomic E-state index is 0.333. The zero-order chi connectivity index (χ0) is 13.1. The number of hydrogen-bond donors (Lipinski definition) is 1. The van der Waals surface area contributed by atoms with Crippen LogP contribution in [0, 0.1) is 13.8 Å².